The first kappa shape index (κ1) is 17.9. The maximum absolute atomic E-state index is 12.7. The molecule has 0 aromatic heterocycles. The van der Waals surface area contributed by atoms with Gasteiger partial charge in [-0.3, -0.25) is 4.79 Å². The Morgan fingerprint density at radius 2 is 1.93 bits per heavy atom. The number of fused-ring (bicyclic) bond motifs is 1. The van der Waals surface area contributed by atoms with E-state index < -0.39 is 0 Å². The Morgan fingerprint density at radius 1 is 1.15 bits per heavy atom. The zero-order valence-electron chi connectivity index (χ0n) is 15.2. The Balaban J connectivity index is 1.36. The number of nitrogens with zero attached hydrogens (tertiary/aromatic N) is 2. The summed E-state index contributed by atoms with van der Waals surface area (Å²) in [7, 11) is 0. The molecule has 0 unspecified atom stereocenters. The molecule has 0 atom stereocenters. The van der Waals surface area contributed by atoms with Gasteiger partial charge in [-0.1, -0.05) is 29.3 Å². The molecule has 27 heavy (non-hydrogen) atoms. The predicted octanol–water partition coefficient (Wildman–Crippen LogP) is 4.87. The van der Waals surface area contributed by atoms with E-state index in [1.807, 2.05) is 17.0 Å². The normalized spacial score (nSPS) is 21.7. The van der Waals surface area contributed by atoms with Crippen molar-refractivity contribution in [1.82, 2.24) is 4.90 Å². The van der Waals surface area contributed by atoms with Gasteiger partial charge in [0, 0.05) is 24.2 Å². The highest BCUT2D eigenvalue weighted by Crippen LogP contribution is 2.33. The molecule has 4 nitrogen and oxygen atoms in total. The van der Waals surface area contributed by atoms with Crippen LogP contribution >= 0.6 is 11.6 Å². The average Bonchev–Trinajstić information content (AvgIpc) is 2.98. The van der Waals surface area contributed by atoms with Crippen LogP contribution in [-0.4, -0.2) is 23.0 Å². The number of ether oxygens (including phenoxy) is 1. The lowest BCUT2D eigenvalue weighted by atomic mass is 9.92. The lowest BCUT2D eigenvalue weighted by Gasteiger charge is -2.34. The number of carbonyl (C=O) groups excluding carboxylic acids is 1. The Bertz CT molecular complexity index is 926. The maximum atomic E-state index is 12.7. The topological polar surface area (TPSA) is 53.3 Å². The number of benzene rings is 2. The van der Waals surface area contributed by atoms with Crippen molar-refractivity contribution in [3.05, 3.63) is 63.7 Å². The number of aryl methyl sites for hydroxylation is 1. The van der Waals surface area contributed by atoms with Crippen LogP contribution in [0.5, 0.6) is 5.75 Å². The van der Waals surface area contributed by atoms with Crippen molar-refractivity contribution >= 4 is 17.5 Å². The number of hydrogen-bond donors (Lipinski definition) is 0. The average molecular weight is 381 g/mol. The van der Waals surface area contributed by atoms with Crippen molar-refractivity contribution in [2.75, 3.05) is 0 Å². The minimum atomic E-state index is 0.118. The summed E-state index contributed by atoms with van der Waals surface area (Å²) in [5.74, 6) is 0.857. The molecule has 0 radical (unpaired) electrons. The fraction of sp³-hybridized carbons (Fsp3) is 0.364. The summed E-state index contributed by atoms with van der Waals surface area (Å²) in [5, 5.41) is 9.37. The van der Waals surface area contributed by atoms with Gasteiger partial charge in [-0.05, 0) is 56.4 Å². The molecule has 2 aromatic carbocycles. The van der Waals surface area contributed by atoms with Gasteiger partial charge >= 0.3 is 0 Å². The first-order valence-electron chi connectivity index (χ1n) is 9.32. The smallest absolute Gasteiger partial charge is 0.254 e. The molecule has 0 bridgehead atoms. The highest BCUT2D eigenvalue weighted by atomic mass is 35.5. The Kier molecular flexibility index (Phi) is 4.80. The fourth-order valence-corrected chi connectivity index (χ4v) is 4.31. The standard InChI is InChI=1S/C22H21ClN2O2/c1-14-2-9-20-16(10-14)13-25(22(20)26)17-4-7-18(8-5-17)27-19-6-3-15(12-24)21(23)11-19/h2-3,6,9-11,17-18H,4-5,7-8,13H2,1H3/t17-,18-. The largest absolute Gasteiger partial charge is 0.490 e. The van der Waals surface area contributed by atoms with E-state index in [4.69, 9.17) is 21.6 Å². The third kappa shape index (κ3) is 3.52. The second kappa shape index (κ2) is 7.25. The van der Waals surface area contributed by atoms with Gasteiger partial charge in [0.15, 0.2) is 0 Å². The van der Waals surface area contributed by atoms with Gasteiger partial charge < -0.3 is 9.64 Å². The molecule has 1 fully saturated rings. The van der Waals surface area contributed by atoms with Gasteiger partial charge in [-0.2, -0.15) is 5.26 Å². The van der Waals surface area contributed by atoms with E-state index in [0.29, 0.717) is 16.3 Å². The number of amides is 1. The van der Waals surface area contributed by atoms with Crippen LogP contribution < -0.4 is 4.74 Å². The number of nitriles is 1. The zero-order valence-corrected chi connectivity index (χ0v) is 16.0. The quantitative estimate of drug-likeness (QED) is 0.763. The first-order chi connectivity index (χ1) is 13.0. The number of hydrogen-bond acceptors (Lipinski definition) is 3. The highest BCUT2D eigenvalue weighted by Gasteiger charge is 2.35. The van der Waals surface area contributed by atoms with Crippen LogP contribution in [0.25, 0.3) is 0 Å². The zero-order chi connectivity index (χ0) is 19.0. The summed E-state index contributed by atoms with van der Waals surface area (Å²) < 4.78 is 6.05. The summed E-state index contributed by atoms with van der Waals surface area (Å²) in [6.07, 6.45) is 3.80. The summed E-state index contributed by atoms with van der Waals surface area (Å²) in [4.78, 5) is 14.8. The molecular weight excluding hydrogens is 360 g/mol. The van der Waals surface area contributed by atoms with Crippen molar-refractivity contribution in [3.8, 4) is 11.8 Å². The van der Waals surface area contributed by atoms with Gasteiger partial charge in [0.05, 0.1) is 16.7 Å². The van der Waals surface area contributed by atoms with Crippen LogP contribution in [0.4, 0.5) is 0 Å². The molecule has 1 aliphatic heterocycles. The Morgan fingerprint density at radius 3 is 2.63 bits per heavy atom. The van der Waals surface area contributed by atoms with Gasteiger partial charge in [0.1, 0.15) is 11.8 Å². The summed E-state index contributed by atoms with van der Waals surface area (Å²) in [5.41, 5.74) is 3.65. The second-order valence-electron chi connectivity index (χ2n) is 7.40. The molecule has 0 saturated heterocycles. The molecule has 0 N–H and O–H groups in total. The van der Waals surface area contributed by atoms with E-state index in [1.54, 1.807) is 18.2 Å². The summed E-state index contributed by atoms with van der Waals surface area (Å²) in [6.45, 7) is 2.78. The van der Waals surface area contributed by atoms with E-state index >= 15 is 0 Å². The van der Waals surface area contributed by atoms with Crippen LogP contribution in [0.1, 0.15) is 52.7 Å². The van der Waals surface area contributed by atoms with Crippen molar-refractivity contribution in [2.45, 2.75) is 51.3 Å². The van der Waals surface area contributed by atoms with Gasteiger partial charge in [-0.25, -0.2) is 0 Å². The van der Waals surface area contributed by atoms with Crippen molar-refractivity contribution in [3.63, 3.8) is 0 Å². The molecule has 138 valence electrons. The lowest BCUT2D eigenvalue weighted by Crippen LogP contribution is -2.40. The monoisotopic (exact) mass is 380 g/mol. The Labute approximate surface area is 164 Å². The molecule has 2 aliphatic rings. The number of rotatable bonds is 3. The van der Waals surface area contributed by atoms with Crippen molar-refractivity contribution in [1.29, 1.82) is 5.26 Å². The molecule has 2 aromatic rings. The van der Waals surface area contributed by atoms with E-state index in [1.165, 1.54) is 5.56 Å². The highest BCUT2D eigenvalue weighted by molar-refractivity contribution is 6.31. The van der Waals surface area contributed by atoms with Crippen LogP contribution in [-0.2, 0) is 6.54 Å². The SMILES string of the molecule is Cc1ccc2c(c1)CN([C@H]1CC[C@H](Oc3ccc(C#N)c(Cl)c3)CC1)C2=O. The van der Waals surface area contributed by atoms with Gasteiger partial charge in [-0.15, -0.1) is 0 Å². The first-order valence-corrected chi connectivity index (χ1v) is 9.70. The van der Waals surface area contributed by atoms with Gasteiger partial charge in [0.2, 0.25) is 0 Å². The molecule has 0 spiro atoms. The van der Waals surface area contributed by atoms with E-state index in [-0.39, 0.29) is 18.1 Å². The van der Waals surface area contributed by atoms with Crippen LogP contribution in [0.15, 0.2) is 36.4 Å². The minimum Gasteiger partial charge on any atom is -0.490 e. The molecule has 1 heterocycles. The van der Waals surface area contributed by atoms with E-state index in [0.717, 1.165) is 43.4 Å². The molecule has 4 rings (SSSR count). The number of halogens is 1. The van der Waals surface area contributed by atoms with E-state index in [2.05, 4.69) is 19.1 Å². The van der Waals surface area contributed by atoms with Crippen LogP contribution in [0, 0.1) is 18.3 Å². The predicted molar refractivity (Wildman–Crippen MR) is 104 cm³/mol. The molecule has 1 saturated carbocycles. The molecular formula is C22H21ClN2O2. The van der Waals surface area contributed by atoms with Crippen molar-refractivity contribution < 1.29 is 9.53 Å². The third-order valence-electron chi connectivity index (χ3n) is 5.54. The van der Waals surface area contributed by atoms with Gasteiger partial charge in [0.25, 0.3) is 5.91 Å². The summed E-state index contributed by atoms with van der Waals surface area (Å²) in [6, 6.07) is 13.6. The fourth-order valence-electron chi connectivity index (χ4n) is 4.09. The van der Waals surface area contributed by atoms with E-state index in [9.17, 15) is 4.79 Å². The third-order valence-corrected chi connectivity index (χ3v) is 5.85. The molecule has 5 heteroatoms. The van der Waals surface area contributed by atoms with Crippen molar-refractivity contribution in [2.24, 2.45) is 0 Å². The number of carbonyl (C=O) groups is 1. The second-order valence-corrected chi connectivity index (χ2v) is 7.80. The molecule has 1 amide bonds. The lowest BCUT2D eigenvalue weighted by molar-refractivity contribution is 0.0561. The maximum Gasteiger partial charge on any atom is 0.254 e. The summed E-state index contributed by atoms with van der Waals surface area (Å²) >= 11 is 6.08. The molecule has 1 aliphatic carbocycles. The van der Waals surface area contributed by atoms with Crippen LogP contribution in [0.3, 0.4) is 0 Å². The van der Waals surface area contributed by atoms with Crippen LogP contribution in [0.2, 0.25) is 5.02 Å². The minimum absolute atomic E-state index is 0.118. The Hall–Kier alpha value is -2.51.